The van der Waals surface area contributed by atoms with Gasteiger partial charge < -0.3 is 10.1 Å². The Labute approximate surface area is 78.1 Å². The summed E-state index contributed by atoms with van der Waals surface area (Å²) in [5.41, 5.74) is 0.731. The maximum absolute atomic E-state index is 4.97. The molecule has 0 radical (unpaired) electrons. The third-order valence-electron chi connectivity index (χ3n) is 1.41. The van der Waals surface area contributed by atoms with Crippen LogP contribution in [0.5, 0.6) is 5.88 Å². The minimum Gasteiger partial charge on any atom is -0.481 e. The monoisotopic (exact) mass is 176 g/mol. The number of ether oxygens (including phenoxy) is 1. The van der Waals surface area contributed by atoms with E-state index in [-0.39, 0.29) is 0 Å². The third kappa shape index (κ3) is 3.14. The average Bonchev–Trinajstić information content (AvgIpc) is 2.19. The van der Waals surface area contributed by atoms with Crippen LogP contribution in [-0.2, 0) is 0 Å². The van der Waals surface area contributed by atoms with Gasteiger partial charge in [-0.25, -0.2) is 4.98 Å². The summed E-state index contributed by atoms with van der Waals surface area (Å²) in [6.07, 6.45) is 0. The molecule has 0 saturated carbocycles. The zero-order valence-electron chi connectivity index (χ0n) is 7.79. The SMILES string of the molecule is CNCC#Cc1cccc(OC)n1. The lowest BCUT2D eigenvalue weighted by Crippen LogP contribution is -2.04. The van der Waals surface area contributed by atoms with E-state index in [0.717, 1.165) is 5.69 Å². The molecule has 0 aliphatic carbocycles. The number of methoxy groups -OCH3 is 1. The predicted molar refractivity (Wildman–Crippen MR) is 51.6 cm³/mol. The van der Waals surface area contributed by atoms with Crippen molar-refractivity contribution in [3.05, 3.63) is 23.9 Å². The Morgan fingerprint density at radius 3 is 3.08 bits per heavy atom. The lowest BCUT2D eigenvalue weighted by Gasteiger charge is -1.96. The first-order chi connectivity index (χ1) is 6.36. The Kier molecular flexibility index (Phi) is 3.80. The van der Waals surface area contributed by atoms with Gasteiger partial charge in [0.1, 0.15) is 5.69 Å². The van der Waals surface area contributed by atoms with Gasteiger partial charge in [0.2, 0.25) is 5.88 Å². The topological polar surface area (TPSA) is 34.1 Å². The first-order valence-corrected chi connectivity index (χ1v) is 4.01. The second-order valence-electron chi connectivity index (χ2n) is 2.40. The highest BCUT2D eigenvalue weighted by Crippen LogP contribution is 2.04. The highest BCUT2D eigenvalue weighted by atomic mass is 16.5. The second kappa shape index (κ2) is 5.18. The number of rotatable bonds is 2. The number of pyridine rings is 1. The van der Waals surface area contributed by atoms with Gasteiger partial charge in [-0.15, -0.1) is 0 Å². The van der Waals surface area contributed by atoms with E-state index >= 15 is 0 Å². The Balaban J connectivity index is 2.73. The van der Waals surface area contributed by atoms with E-state index in [1.54, 1.807) is 13.2 Å². The van der Waals surface area contributed by atoms with E-state index in [1.165, 1.54) is 0 Å². The van der Waals surface area contributed by atoms with Crippen molar-refractivity contribution in [2.24, 2.45) is 0 Å². The normalized spacial score (nSPS) is 8.77. The predicted octanol–water partition coefficient (Wildman–Crippen LogP) is 0.661. The van der Waals surface area contributed by atoms with Crippen LogP contribution in [-0.4, -0.2) is 25.7 Å². The molecule has 1 N–H and O–H groups in total. The summed E-state index contributed by atoms with van der Waals surface area (Å²) >= 11 is 0. The minimum atomic E-state index is 0.594. The molecule has 1 aromatic rings. The zero-order chi connectivity index (χ0) is 9.52. The summed E-state index contributed by atoms with van der Waals surface area (Å²) in [5, 5.41) is 2.93. The second-order valence-corrected chi connectivity index (χ2v) is 2.40. The van der Waals surface area contributed by atoms with Gasteiger partial charge in [0.25, 0.3) is 0 Å². The molecule has 13 heavy (non-hydrogen) atoms. The first-order valence-electron chi connectivity index (χ1n) is 4.01. The van der Waals surface area contributed by atoms with Crippen LogP contribution in [0, 0.1) is 11.8 Å². The molecule has 1 aromatic heterocycles. The van der Waals surface area contributed by atoms with Crippen molar-refractivity contribution in [2.75, 3.05) is 20.7 Å². The van der Waals surface area contributed by atoms with E-state index in [4.69, 9.17) is 4.74 Å². The molecular formula is C10H12N2O. The molecule has 0 fully saturated rings. The van der Waals surface area contributed by atoms with Gasteiger partial charge in [0.05, 0.1) is 13.7 Å². The van der Waals surface area contributed by atoms with Crippen molar-refractivity contribution < 1.29 is 4.74 Å². The van der Waals surface area contributed by atoms with Gasteiger partial charge in [-0.2, -0.15) is 0 Å². The van der Waals surface area contributed by atoms with E-state index in [1.807, 2.05) is 19.2 Å². The highest BCUT2D eigenvalue weighted by molar-refractivity contribution is 5.30. The van der Waals surface area contributed by atoms with Crippen molar-refractivity contribution >= 4 is 0 Å². The van der Waals surface area contributed by atoms with Gasteiger partial charge in [-0.3, -0.25) is 0 Å². The van der Waals surface area contributed by atoms with Crippen LogP contribution < -0.4 is 10.1 Å². The van der Waals surface area contributed by atoms with Crippen LogP contribution in [0.25, 0.3) is 0 Å². The third-order valence-corrected chi connectivity index (χ3v) is 1.41. The summed E-state index contributed by atoms with van der Waals surface area (Å²) in [4.78, 5) is 4.14. The molecule has 0 spiro atoms. The molecule has 0 aliphatic heterocycles. The Morgan fingerprint density at radius 1 is 1.54 bits per heavy atom. The lowest BCUT2D eigenvalue weighted by atomic mass is 10.3. The quantitative estimate of drug-likeness (QED) is 0.672. The molecular weight excluding hydrogens is 164 g/mol. The van der Waals surface area contributed by atoms with Crippen molar-refractivity contribution in [1.82, 2.24) is 10.3 Å². The number of hydrogen-bond acceptors (Lipinski definition) is 3. The number of nitrogens with zero attached hydrogens (tertiary/aromatic N) is 1. The van der Waals surface area contributed by atoms with Crippen LogP contribution in [0.4, 0.5) is 0 Å². The fourth-order valence-corrected chi connectivity index (χ4v) is 0.821. The van der Waals surface area contributed by atoms with E-state index < -0.39 is 0 Å². The number of hydrogen-bond donors (Lipinski definition) is 1. The van der Waals surface area contributed by atoms with E-state index in [2.05, 4.69) is 22.1 Å². The fourth-order valence-electron chi connectivity index (χ4n) is 0.821. The molecule has 0 aromatic carbocycles. The molecule has 1 rings (SSSR count). The van der Waals surface area contributed by atoms with Gasteiger partial charge in [0.15, 0.2) is 0 Å². The molecule has 0 amide bonds. The Morgan fingerprint density at radius 2 is 2.38 bits per heavy atom. The van der Waals surface area contributed by atoms with Crippen molar-refractivity contribution in [3.8, 4) is 17.7 Å². The zero-order valence-corrected chi connectivity index (χ0v) is 7.79. The van der Waals surface area contributed by atoms with Crippen molar-refractivity contribution in [2.45, 2.75) is 0 Å². The smallest absolute Gasteiger partial charge is 0.214 e. The van der Waals surface area contributed by atoms with Crippen molar-refractivity contribution in [1.29, 1.82) is 0 Å². The lowest BCUT2D eigenvalue weighted by molar-refractivity contribution is 0.397. The van der Waals surface area contributed by atoms with Gasteiger partial charge >= 0.3 is 0 Å². The summed E-state index contributed by atoms with van der Waals surface area (Å²) < 4.78 is 4.97. The van der Waals surface area contributed by atoms with Crippen LogP contribution >= 0.6 is 0 Å². The fraction of sp³-hybridized carbons (Fsp3) is 0.300. The maximum Gasteiger partial charge on any atom is 0.214 e. The number of aromatic nitrogens is 1. The molecule has 3 heteroatoms. The minimum absolute atomic E-state index is 0.594. The van der Waals surface area contributed by atoms with Crippen LogP contribution in [0.15, 0.2) is 18.2 Å². The van der Waals surface area contributed by atoms with Gasteiger partial charge in [-0.05, 0) is 19.0 Å². The maximum atomic E-state index is 4.97. The Bertz CT molecular complexity index is 325. The molecule has 0 unspecified atom stereocenters. The van der Waals surface area contributed by atoms with Crippen LogP contribution in [0.1, 0.15) is 5.69 Å². The van der Waals surface area contributed by atoms with Crippen LogP contribution in [0.2, 0.25) is 0 Å². The summed E-state index contributed by atoms with van der Waals surface area (Å²) in [6, 6.07) is 5.52. The Hall–Kier alpha value is -1.53. The molecule has 0 aliphatic rings. The summed E-state index contributed by atoms with van der Waals surface area (Å²) in [6.45, 7) is 0.666. The molecule has 0 atom stereocenters. The molecule has 0 saturated heterocycles. The molecule has 1 heterocycles. The number of nitrogens with one attached hydrogen (secondary N) is 1. The highest BCUT2D eigenvalue weighted by Gasteiger charge is 1.91. The summed E-state index contributed by atoms with van der Waals surface area (Å²) in [5.74, 6) is 6.43. The van der Waals surface area contributed by atoms with Crippen molar-refractivity contribution in [3.63, 3.8) is 0 Å². The first kappa shape index (κ1) is 9.56. The van der Waals surface area contributed by atoms with E-state index in [0.29, 0.717) is 12.4 Å². The standard InChI is InChI=1S/C10H12N2O/c1-11-8-4-6-9-5-3-7-10(12-9)13-2/h3,5,7,11H,8H2,1-2H3. The van der Waals surface area contributed by atoms with Gasteiger partial charge in [-0.1, -0.05) is 12.0 Å². The molecule has 68 valence electrons. The molecule has 3 nitrogen and oxygen atoms in total. The van der Waals surface area contributed by atoms with E-state index in [9.17, 15) is 0 Å². The average molecular weight is 176 g/mol. The van der Waals surface area contributed by atoms with Crippen LogP contribution in [0.3, 0.4) is 0 Å². The van der Waals surface area contributed by atoms with Gasteiger partial charge in [0, 0.05) is 6.07 Å². The molecule has 0 bridgehead atoms. The summed E-state index contributed by atoms with van der Waals surface area (Å²) in [7, 11) is 3.45. The largest absolute Gasteiger partial charge is 0.481 e.